The molecule has 2 aliphatic heterocycles. The molecule has 4 rings (SSSR count). The highest BCUT2D eigenvalue weighted by atomic mass is 35.5. The maximum atomic E-state index is 13.4. The van der Waals surface area contributed by atoms with Crippen molar-refractivity contribution in [2.75, 3.05) is 18.0 Å². The molecule has 8 heteroatoms. The first kappa shape index (κ1) is 21.4. The van der Waals surface area contributed by atoms with Crippen LogP contribution in [0.2, 0.25) is 5.02 Å². The van der Waals surface area contributed by atoms with Crippen LogP contribution in [0, 0.1) is 5.92 Å². The zero-order valence-electron chi connectivity index (χ0n) is 16.7. The molecular weight excluding hydrogens is 429 g/mol. The van der Waals surface area contributed by atoms with Crippen molar-refractivity contribution in [3.05, 3.63) is 70.4 Å². The number of nitrogens with zero attached hydrogens (tertiary/aromatic N) is 2. The highest BCUT2D eigenvalue weighted by molar-refractivity contribution is 6.45. The molecule has 0 atom stereocenters. The van der Waals surface area contributed by atoms with Crippen molar-refractivity contribution < 1.29 is 22.8 Å². The zero-order valence-corrected chi connectivity index (χ0v) is 17.5. The Hall–Kier alpha value is -2.80. The first-order chi connectivity index (χ1) is 14.7. The fourth-order valence-corrected chi connectivity index (χ4v) is 4.24. The molecule has 0 N–H and O–H groups in total. The molecule has 4 nitrogen and oxygen atoms in total. The van der Waals surface area contributed by atoms with E-state index in [4.69, 9.17) is 11.6 Å². The first-order valence-corrected chi connectivity index (χ1v) is 10.4. The van der Waals surface area contributed by atoms with Gasteiger partial charge in [0.15, 0.2) is 0 Å². The van der Waals surface area contributed by atoms with Gasteiger partial charge >= 0.3 is 6.18 Å². The molecule has 162 valence electrons. The van der Waals surface area contributed by atoms with Gasteiger partial charge in [0.1, 0.15) is 5.70 Å². The van der Waals surface area contributed by atoms with Crippen molar-refractivity contribution in [3.63, 3.8) is 0 Å². The molecule has 0 saturated carbocycles. The van der Waals surface area contributed by atoms with E-state index in [-0.39, 0.29) is 17.0 Å². The van der Waals surface area contributed by atoms with Crippen molar-refractivity contribution in [2.45, 2.75) is 25.9 Å². The largest absolute Gasteiger partial charge is 0.417 e. The van der Waals surface area contributed by atoms with Crippen LogP contribution in [0.25, 0.3) is 5.57 Å². The van der Waals surface area contributed by atoms with Crippen LogP contribution in [0.1, 0.15) is 30.9 Å². The maximum Gasteiger partial charge on any atom is 0.417 e. The lowest BCUT2D eigenvalue weighted by Gasteiger charge is -2.32. The smallest absolute Gasteiger partial charge is 0.366 e. The SMILES string of the molecule is CC1CCN(C2=C(c3ccccc3)C(=O)N(c3ccc(Cl)c(C(F)(F)F)c3)C2=O)CC1. The van der Waals surface area contributed by atoms with Gasteiger partial charge in [-0.15, -0.1) is 0 Å². The van der Waals surface area contributed by atoms with Gasteiger partial charge < -0.3 is 4.90 Å². The summed E-state index contributed by atoms with van der Waals surface area (Å²) >= 11 is 5.72. The minimum atomic E-state index is -4.71. The first-order valence-electron chi connectivity index (χ1n) is 9.98. The van der Waals surface area contributed by atoms with Gasteiger partial charge in [-0.3, -0.25) is 9.59 Å². The number of hydrogen-bond acceptors (Lipinski definition) is 3. The molecule has 0 unspecified atom stereocenters. The predicted octanol–water partition coefficient (Wildman–Crippen LogP) is 5.38. The van der Waals surface area contributed by atoms with Crippen LogP contribution < -0.4 is 4.90 Å². The van der Waals surface area contributed by atoms with E-state index in [1.165, 1.54) is 6.07 Å². The lowest BCUT2D eigenvalue weighted by atomic mass is 9.97. The molecule has 2 aromatic rings. The van der Waals surface area contributed by atoms with Gasteiger partial charge in [-0.1, -0.05) is 48.9 Å². The quantitative estimate of drug-likeness (QED) is 0.592. The molecule has 2 amide bonds. The topological polar surface area (TPSA) is 40.6 Å². The van der Waals surface area contributed by atoms with Crippen LogP contribution in [0.3, 0.4) is 0 Å². The van der Waals surface area contributed by atoms with Crippen LogP contribution in [-0.2, 0) is 15.8 Å². The van der Waals surface area contributed by atoms with E-state index in [2.05, 4.69) is 6.92 Å². The van der Waals surface area contributed by atoms with E-state index in [1.54, 1.807) is 30.3 Å². The number of carbonyl (C=O) groups is 2. The Labute approximate surface area is 182 Å². The van der Waals surface area contributed by atoms with Gasteiger partial charge in [-0.05, 0) is 42.5 Å². The lowest BCUT2D eigenvalue weighted by molar-refractivity contribution is -0.137. The second kappa shape index (κ2) is 8.04. The fraction of sp³-hybridized carbons (Fsp3) is 0.304. The summed E-state index contributed by atoms with van der Waals surface area (Å²) in [7, 11) is 0. The summed E-state index contributed by atoms with van der Waals surface area (Å²) in [6.07, 6.45) is -2.97. The number of alkyl halides is 3. The molecular formula is C23H20ClF3N2O2. The van der Waals surface area contributed by atoms with Crippen molar-refractivity contribution in [3.8, 4) is 0 Å². The van der Waals surface area contributed by atoms with Crippen LogP contribution in [-0.4, -0.2) is 29.8 Å². The third kappa shape index (κ3) is 3.94. The number of halogens is 4. The van der Waals surface area contributed by atoms with Crippen LogP contribution >= 0.6 is 11.6 Å². The van der Waals surface area contributed by atoms with Crippen molar-refractivity contribution in [2.24, 2.45) is 5.92 Å². The number of amides is 2. The highest BCUT2D eigenvalue weighted by Crippen LogP contribution is 2.40. The Bertz CT molecular complexity index is 1060. The summed E-state index contributed by atoms with van der Waals surface area (Å²) in [5, 5.41) is -0.489. The molecule has 1 saturated heterocycles. The summed E-state index contributed by atoms with van der Waals surface area (Å²) in [5.41, 5.74) is -0.230. The number of benzene rings is 2. The number of imide groups is 1. The molecule has 2 aliphatic rings. The third-order valence-electron chi connectivity index (χ3n) is 5.74. The van der Waals surface area contributed by atoms with Gasteiger partial charge in [0.05, 0.1) is 21.8 Å². The Balaban J connectivity index is 1.81. The van der Waals surface area contributed by atoms with Gasteiger partial charge in [0.2, 0.25) is 0 Å². The van der Waals surface area contributed by atoms with Crippen molar-refractivity contribution >= 4 is 34.7 Å². The summed E-state index contributed by atoms with van der Waals surface area (Å²) in [6, 6.07) is 11.8. The lowest BCUT2D eigenvalue weighted by Crippen LogP contribution is -2.38. The molecule has 31 heavy (non-hydrogen) atoms. The van der Waals surface area contributed by atoms with Crippen molar-refractivity contribution in [1.29, 1.82) is 0 Å². The Morgan fingerprint density at radius 1 is 0.968 bits per heavy atom. The Morgan fingerprint density at radius 2 is 1.61 bits per heavy atom. The van der Waals surface area contributed by atoms with E-state index in [9.17, 15) is 22.8 Å². The van der Waals surface area contributed by atoms with Gasteiger partial charge in [-0.25, -0.2) is 4.90 Å². The normalized spacial score (nSPS) is 18.4. The monoisotopic (exact) mass is 448 g/mol. The zero-order chi connectivity index (χ0) is 22.3. The van der Waals surface area contributed by atoms with E-state index in [1.807, 2.05) is 4.90 Å². The third-order valence-corrected chi connectivity index (χ3v) is 6.06. The van der Waals surface area contributed by atoms with Crippen LogP contribution in [0.5, 0.6) is 0 Å². The number of hydrogen-bond donors (Lipinski definition) is 0. The average molecular weight is 449 g/mol. The molecule has 0 spiro atoms. The number of anilines is 1. The van der Waals surface area contributed by atoms with E-state index in [0.29, 0.717) is 24.6 Å². The molecule has 2 aromatic carbocycles. The van der Waals surface area contributed by atoms with E-state index < -0.39 is 28.6 Å². The van der Waals surface area contributed by atoms with E-state index >= 15 is 0 Å². The van der Waals surface area contributed by atoms with Gasteiger partial charge in [-0.2, -0.15) is 13.2 Å². The second-order valence-corrected chi connectivity index (χ2v) is 8.27. The summed E-state index contributed by atoms with van der Waals surface area (Å²) in [4.78, 5) is 29.5. The minimum absolute atomic E-state index is 0.152. The second-order valence-electron chi connectivity index (χ2n) is 7.87. The standard InChI is InChI=1S/C23H20ClF3N2O2/c1-14-9-11-28(12-10-14)20-19(15-5-3-2-4-6-15)21(30)29(22(20)31)16-7-8-18(24)17(13-16)23(25,26)27/h2-8,13-14H,9-12H2,1H3. The van der Waals surface area contributed by atoms with Crippen LogP contribution in [0.15, 0.2) is 54.2 Å². The maximum absolute atomic E-state index is 13.4. The molecule has 2 heterocycles. The number of likely N-dealkylation sites (tertiary alicyclic amines) is 1. The Kier molecular flexibility index (Phi) is 5.56. The van der Waals surface area contributed by atoms with Crippen molar-refractivity contribution in [1.82, 2.24) is 4.90 Å². The van der Waals surface area contributed by atoms with E-state index in [0.717, 1.165) is 29.9 Å². The Morgan fingerprint density at radius 3 is 2.23 bits per heavy atom. The number of piperidine rings is 1. The number of carbonyl (C=O) groups excluding carboxylic acids is 2. The molecule has 1 fully saturated rings. The summed E-state index contributed by atoms with van der Waals surface area (Å²) < 4.78 is 40.1. The minimum Gasteiger partial charge on any atom is -0.366 e. The average Bonchev–Trinajstić information content (AvgIpc) is 2.99. The van der Waals surface area contributed by atoms with Gasteiger partial charge in [0.25, 0.3) is 11.8 Å². The summed E-state index contributed by atoms with van der Waals surface area (Å²) in [5.74, 6) is -0.750. The number of rotatable bonds is 3. The fourth-order valence-electron chi connectivity index (χ4n) is 4.01. The van der Waals surface area contributed by atoms with Crippen LogP contribution in [0.4, 0.5) is 18.9 Å². The molecule has 0 radical (unpaired) electrons. The highest BCUT2D eigenvalue weighted by Gasteiger charge is 2.44. The molecule has 0 aliphatic carbocycles. The summed E-state index contributed by atoms with van der Waals surface area (Å²) in [6.45, 7) is 3.34. The molecule has 0 aromatic heterocycles. The van der Waals surface area contributed by atoms with Gasteiger partial charge in [0, 0.05) is 13.1 Å². The molecule has 0 bridgehead atoms. The predicted molar refractivity (Wildman–Crippen MR) is 112 cm³/mol.